The first-order valence-corrected chi connectivity index (χ1v) is 6.43. The first kappa shape index (κ1) is 10.6. The second-order valence-electron chi connectivity index (χ2n) is 5.15. The maximum Gasteiger partial charge on any atom is 0.00196 e. The highest BCUT2D eigenvalue weighted by atomic mass is 14.5. The van der Waals surface area contributed by atoms with Crippen molar-refractivity contribution in [2.24, 2.45) is 0 Å². The highest BCUT2D eigenvalue weighted by Crippen LogP contribution is 2.57. The Bertz CT molecular complexity index is 480. The summed E-state index contributed by atoms with van der Waals surface area (Å²) in [5.74, 6) is 0.617. The van der Waals surface area contributed by atoms with Crippen LogP contribution in [-0.4, -0.2) is 0 Å². The number of benzene rings is 2. The van der Waals surface area contributed by atoms with Gasteiger partial charge in [0.15, 0.2) is 0 Å². The molecule has 2 aromatic carbocycles. The molecule has 0 nitrogen and oxygen atoms in total. The first-order chi connectivity index (χ1) is 8.33. The second-order valence-corrected chi connectivity index (χ2v) is 5.15. The third-order valence-electron chi connectivity index (χ3n) is 4.27. The maximum atomic E-state index is 2.37. The van der Waals surface area contributed by atoms with Crippen LogP contribution in [0, 0.1) is 0 Å². The minimum absolute atomic E-state index is 0.405. The summed E-state index contributed by atoms with van der Waals surface area (Å²) in [5, 5.41) is 0. The van der Waals surface area contributed by atoms with Crippen LogP contribution in [0.4, 0.5) is 0 Å². The van der Waals surface area contributed by atoms with Crippen molar-refractivity contribution in [3.63, 3.8) is 0 Å². The van der Waals surface area contributed by atoms with Crippen LogP contribution < -0.4 is 0 Å². The highest BCUT2D eigenvalue weighted by molar-refractivity contribution is 5.38. The minimum atomic E-state index is 0.405. The molecule has 0 heteroatoms. The molecule has 0 saturated heterocycles. The van der Waals surface area contributed by atoms with E-state index >= 15 is 0 Å². The molecule has 1 aliphatic carbocycles. The van der Waals surface area contributed by atoms with Crippen molar-refractivity contribution < 1.29 is 0 Å². The predicted molar refractivity (Wildman–Crippen MR) is 72.2 cm³/mol. The first-order valence-electron chi connectivity index (χ1n) is 6.43. The Hall–Kier alpha value is -1.56. The Morgan fingerprint density at radius 2 is 1.35 bits per heavy atom. The molecule has 1 aliphatic rings. The van der Waals surface area contributed by atoms with Crippen LogP contribution >= 0.6 is 0 Å². The van der Waals surface area contributed by atoms with E-state index in [9.17, 15) is 0 Å². The largest absolute Gasteiger partial charge is 0.0622 e. The number of hydrogen-bond acceptors (Lipinski definition) is 0. The average molecular weight is 222 g/mol. The maximum absolute atomic E-state index is 2.37. The van der Waals surface area contributed by atoms with E-state index < -0.39 is 0 Å². The monoisotopic (exact) mass is 222 g/mol. The van der Waals surface area contributed by atoms with Gasteiger partial charge in [0.1, 0.15) is 0 Å². The molecule has 0 amide bonds. The Kier molecular flexibility index (Phi) is 2.51. The molecule has 0 bridgehead atoms. The smallest absolute Gasteiger partial charge is 0.00196 e. The minimum Gasteiger partial charge on any atom is -0.0622 e. The van der Waals surface area contributed by atoms with E-state index in [4.69, 9.17) is 0 Å². The van der Waals surface area contributed by atoms with Crippen molar-refractivity contribution >= 4 is 0 Å². The summed E-state index contributed by atoms with van der Waals surface area (Å²) in [4.78, 5) is 0. The molecular formula is C17H18. The molecule has 3 rings (SSSR count). The summed E-state index contributed by atoms with van der Waals surface area (Å²) in [7, 11) is 0. The lowest BCUT2D eigenvalue weighted by molar-refractivity contribution is 0.564. The fraction of sp³-hybridized carbons (Fsp3) is 0.294. The zero-order chi connectivity index (χ0) is 11.7. The van der Waals surface area contributed by atoms with Crippen molar-refractivity contribution in [1.29, 1.82) is 0 Å². The van der Waals surface area contributed by atoms with Crippen LogP contribution in [0.25, 0.3) is 0 Å². The molecule has 1 unspecified atom stereocenters. The van der Waals surface area contributed by atoms with Gasteiger partial charge in [0.05, 0.1) is 0 Å². The van der Waals surface area contributed by atoms with Gasteiger partial charge in [-0.3, -0.25) is 0 Å². The molecule has 0 heterocycles. The molecule has 1 atom stereocenters. The fourth-order valence-electron chi connectivity index (χ4n) is 2.94. The molecule has 0 aromatic heterocycles. The van der Waals surface area contributed by atoms with Crippen LogP contribution in [-0.2, 0) is 5.41 Å². The van der Waals surface area contributed by atoms with Gasteiger partial charge in [0.25, 0.3) is 0 Å². The van der Waals surface area contributed by atoms with Gasteiger partial charge in [-0.2, -0.15) is 0 Å². The lowest BCUT2D eigenvalue weighted by Gasteiger charge is -2.24. The van der Waals surface area contributed by atoms with Crippen LogP contribution in [0.5, 0.6) is 0 Å². The van der Waals surface area contributed by atoms with Crippen LogP contribution in [0.1, 0.15) is 36.8 Å². The van der Waals surface area contributed by atoms with Gasteiger partial charge in [-0.1, -0.05) is 67.6 Å². The Labute approximate surface area is 103 Å². The SMILES string of the molecule is CC(c1ccccc1)C1(c2ccccc2)CC1. The molecule has 0 spiro atoms. The van der Waals surface area contributed by atoms with E-state index in [0.717, 1.165) is 0 Å². The van der Waals surface area contributed by atoms with Crippen LogP contribution in [0.2, 0.25) is 0 Å². The number of hydrogen-bond donors (Lipinski definition) is 0. The standard InChI is InChI=1S/C17H18/c1-14(15-8-4-2-5-9-15)17(12-13-17)16-10-6-3-7-11-16/h2-11,14H,12-13H2,1H3. The van der Waals surface area contributed by atoms with Gasteiger partial charge in [0.2, 0.25) is 0 Å². The fourth-order valence-corrected chi connectivity index (χ4v) is 2.94. The van der Waals surface area contributed by atoms with Gasteiger partial charge in [-0.05, 0) is 29.9 Å². The van der Waals surface area contributed by atoms with Crippen molar-refractivity contribution in [1.82, 2.24) is 0 Å². The summed E-state index contributed by atoms with van der Waals surface area (Å²) >= 11 is 0. The van der Waals surface area contributed by atoms with Crippen LogP contribution in [0.15, 0.2) is 60.7 Å². The molecule has 17 heavy (non-hydrogen) atoms. The van der Waals surface area contributed by atoms with Gasteiger partial charge >= 0.3 is 0 Å². The zero-order valence-electron chi connectivity index (χ0n) is 10.3. The van der Waals surface area contributed by atoms with Gasteiger partial charge in [-0.25, -0.2) is 0 Å². The molecule has 0 N–H and O–H groups in total. The van der Waals surface area contributed by atoms with E-state index in [1.54, 1.807) is 0 Å². The summed E-state index contributed by atoms with van der Waals surface area (Å²) < 4.78 is 0. The third-order valence-corrected chi connectivity index (χ3v) is 4.27. The molecule has 1 saturated carbocycles. The third kappa shape index (κ3) is 1.78. The van der Waals surface area contributed by atoms with Gasteiger partial charge in [-0.15, -0.1) is 0 Å². The average Bonchev–Trinajstić information content (AvgIpc) is 3.21. The summed E-state index contributed by atoms with van der Waals surface area (Å²) in [6, 6.07) is 21.9. The van der Waals surface area contributed by atoms with E-state index in [0.29, 0.717) is 11.3 Å². The van der Waals surface area contributed by atoms with Crippen molar-refractivity contribution in [2.75, 3.05) is 0 Å². The Balaban J connectivity index is 1.95. The predicted octanol–water partition coefficient (Wildman–Crippen LogP) is 4.52. The normalized spacial score (nSPS) is 18.6. The van der Waals surface area contributed by atoms with Crippen LogP contribution in [0.3, 0.4) is 0 Å². The van der Waals surface area contributed by atoms with Gasteiger partial charge < -0.3 is 0 Å². The topological polar surface area (TPSA) is 0 Å². The molecule has 1 fully saturated rings. The highest BCUT2D eigenvalue weighted by Gasteiger charge is 2.48. The van der Waals surface area contributed by atoms with Crippen molar-refractivity contribution in [3.05, 3.63) is 71.8 Å². The molecule has 0 radical (unpaired) electrons. The van der Waals surface area contributed by atoms with E-state index in [1.165, 1.54) is 24.0 Å². The second kappa shape index (κ2) is 4.03. The molecule has 2 aromatic rings. The van der Waals surface area contributed by atoms with E-state index in [2.05, 4.69) is 67.6 Å². The number of rotatable bonds is 3. The zero-order valence-corrected chi connectivity index (χ0v) is 10.3. The van der Waals surface area contributed by atoms with Gasteiger partial charge in [0, 0.05) is 5.41 Å². The summed E-state index contributed by atoms with van der Waals surface area (Å²) in [6.07, 6.45) is 2.65. The Morgan fingerprint density at radius 1 is 0.824 bits per heavy atom. The van der Waals surface area contributed by atoms with Crippen molar-refractivity contribution in [2.45, 2.75) is 31.1 Å². The summed E-state index contributed by atoms with van der Waals surface area (Å²) in [6.45, 7) is 2.37. The van der Waals surface area contributed by atoms with Crippen molar-refractivity contribution in [3.8, 4) is 0 Å². The van der Waals surface area contributed by atoms with E-state index in [1.807, 2.05) is 0 Å². The molecular weight excluding hydrogens is 204 g/mol. The quantitative estimate of drug-likeness (QED) is 0.716. The summed E-state index contributed by atoms with van der Waals surface area (Å²) in [5.41, 5.74) is 3.38. The molecule has 0 aliphatic heterocycles. The van der Waals surface area contributed by atoms with E-state index in [-0.39, 0.29) is 0 Å². The lowest BCUT2D eigenvalue weighted by atomic mass is 9.80. The lowest BCUT2D eigenvalue weighted by Crippen LogP contribution is -2.15. The Morgan fingerprint density at radius 3 is 1.88 bits per heavy atom. The molecule has 86 valence electrons.